The zero-order valence-corrected chi connectivity index (χ0v) is 18.0. The van der Waals surface area contributed by atoms with Crippen molar-refractivity contribution in [3.8, 4) is 17.2 Å². The molecular formula is C20H25F2NO6S. The highest BCUT2D eigenvalue weighted by atomic mass is 32.2. The highest BCUT2D eigenvalue weighted by Gasteiger charge is 2.22. The molecular weight excluding hydrogens is 420 g/mol. The number of hydrogen-bond donors (Lipinski definition) is 0. The second-order valence-corrected chi connectivity index (χ2v) is 8.44. The van der Waals surface area contributed by atoms with E-state index in [-0.39, 0.29) is 22.9 Å². The summed E-state index contributed by atoms with van der Waals surface area (Å²) >= 11 is 0. The number of alkyl halides is 2. The lowest BCUT2D eigenvalue weighted by molar-refractivity contribution is -0.0512. The van der Waals surface area contributed by atoms with Crippen molar-refractivity contribution in [2.75, 3.05) is 34.5 Å². The lowest BCUT2D eigenvalue weighted by Crippen LogP contribution is -2.26. The first kappa shape index (κ1) is 23.8. The van der Waals surface area contributed by atoms with Crippen molar-refractivity contribution in [1.82, 2.24) is 4.31 Å². The monoisotopic (exact) mass is 445 g/mol. The summed E-state index contributed by atoms with van der Waals surface area (Å²) in [4.78, 5) is 0.117. The van der Waals surface area contributed by atoms with E-state index in [0.717, 1.165) is 4.31 Å². The minimum Gasteiger partial charge on any atom is -0.493 e. The number of hydrogen-bond acceptors (Lipinski definition) is 6. The summed E-state index contributed by atoms with van der Waals surface area (Å²) in [6.07, 6.45) is 0. The van der Waals surface area contributed by atoms with Gasteiger partial charge in [0.15, 0.2) is 11.5 Å². The molecule has 2 aromatic rings. The van der Waals surface area contributed by atoms with Gasteiger partial charge in [-0.05, 0) is 48.4 Å². The van der Waals surface area contributed by atoms with E-state index >= 15 is 0 Å². The second-order valence-electron chi connectivity index (χ2n) is 6.39. The molecule has 0 atom stereocenters. The molecule has 0 aliphatic carbocycles. The van der Waals surface area contributed by atoms with Gasteiger partial charge in [0.1, 0.15) is 12.4 Å². The lowest BCUT2D eigenvalue weighted by Gasteiger charge is -2.19. The molecule has 0 aliphatic rings. The van der Waals surface area contributed by atoms with Gasteiger partial charge in [0.25, 0.3) is 0 Å². The second kappa shape index (κ2) is 10.6. The Bertz CT molecular complexity index is 952. The van der Waals surface area contributed by atoms with Crippen LogP contribution in [0.4, 0.5) is 8.78 Å². The Hall–Kier alpha value is -2.43. The first-order chi connectivity index (χ1) is 14.2. The van der Waals surface area contributed by atoms with Crippen LogP contribution in [0, 0.1) is 6.92 Å². The average molecular weight is 445 g/mol. The van der Waals surface area contributed by atoms with Crippen molar-refractivity contribution in [3.05, 3.63) is 47.5 Å². The molecule has 30 heavy (non-hydrogen) atoms. The molecule has 0 aliphatic heterocycles. The molecule has 0 saturated carbocycles. The third-order valence-electron chi connectivity index (χ3n) is 4.25. The predicted octanol–water partition coefficient (Wildman–Crippen LogP) is 3.45. The quantitative estimate of drug-likeness (QED) is 0.494. The lowest BCUT2D eigenvalue weighted by atomic mass is 10.2. The summed E-state index contributed by atoms with van der Waals surface area (Å²) in [5, 5.41) is 0. The molecule has 0 unspecified atom stereocenters. The van der Waals surface area contributed by atoms with E-state index in [9.17, 15) is 17.2 Å². The molecule has 166 valence electrons. The van der Waals surface area contributed by atoms with E-state index in [0.29, 0.717) is 30.1 Å². The fraction of sp³-hybridized carbons (Fsp3) is 0.400. The van der Waals surface area contributed by atoms with Crippen molar-refractivity contribution in [2.24, 2.45) is 0 Å². The van der Waals surface area contributed by atoms with Crippen LogP contribution in [-0.2, 0) is 21.3 Å². The van der Waals surface area contributed by atoms with E-state index in [1.54, 1.807) is 20.1 Å². The van der Waals surface area contributed by atoms with Gasteiger partial charge >= 0.3 is 6.61 Å². The van der Waals surface area contributed by atoms with Crippen LogP contribution in [0.1, 0.15) is 11.1 Å². The maximum atomic E-state index is 12.9. The smallest absolute Gasteiger partial charge is 0.387 e. The van der Waals surface area contributed by atoms with Crippen molar-refractivity contribution < 1.29 is 36.1 Å². The van der Waals surface area contributed by atoms with Crippen LogP contribution in [0.3, 0.4) is 0 Å². The maximum Gasteiger partial charge on any atom is 0.387 e. The zero-order valence-electron chi connectivity index (χ0n) is 17.2. The molecule has 0 fully saturated rings. The Morgan fingerprint density at radius 2 is 1.70 bits per heavy atom. The minimum atomic E-state index is -3.79. The van der Waals surface area contributed by atoms with E-state index in [1.807, 2.05) is 0 Å². The van der Waals surface area contributed by atoms with Crippen LogP contribution in [0.15, 0.2) is 41.3 Å². The molecule has 2 aromatic carbocycles. The Labute approximate surface area is 175 Å². The predicted molar refractivity (Wildman–Crippen MR) is 107 cm³/mol. The molecule has 0 aromatic heterocycles. The Morgan fingerprint density at radius 1 is 1.00 bits per heavy atom. The first-order valence-corrected chi connectivity index (χ1v) is 10.4. The van der Waals surface area contributed by atoms with Gasteiger partial charge in [-0.3, -0.25) is 0 Å². The van der Waals surface area contributed by atoms with Gasteiger partial charge in [-0.15, -0.1) is 0 Å². The minimum absolute atomic E-state index is 0.0127. The highest BCUT2D eigenvalue weighted by Crippen LogP contribution is 2.30. The van der Waals surface area contributed by atoms with Crippen LogP contribution in [0.25, 0.3) is 0 Å². The molecule has 0 saturated heterocycles. The summed E-state index contributed by atoms with van der Waals surface area (Å²) in [6, 6.07) is 8.89. The summed E-state index contributed by atoms with van der Waals surface area (Å²) in [7, 11) is 0.528. The van der Waals surface area contributed by atoms with Gasteiger partial charge in [0.2, 0.25) is 10.0 Å². The molecule has 0 spiro atoms. The summed E-state index contributed by atoms with van der Waals surface area (Å²) < 4.78 is 71.9. The number of methoxy groups -OCH3 is 2. The third-order valence-corrected chi connectivity index (χ3v) is 6.05. The first-order valence-electron chi connectivity index (χ1n) is 8.99. The third kappa shape index (κ3) is 6.04. The zero-order chi connectivity index (χ0) is 22.3. The topological polar surface area (TPSA) is 74.3 Å². The molecule has 2 rings (SSSR count). The Morgan fingerprint density at radius 3 is 2.30 bits per heavy atom. The molecule has 0 radical (unpaired) electrons. The summed E-state index contributed by atoms with van der Waals surface area (Å²) in [6.45, 7) is -0.437. The van der Waals surface area contributed by atoms with Gasteiger partial charge in [-0.2, -0.15) is 13.1 Å². The van der Waals surface area contributed by atoms with Gasteiger partial charge in [-0.1, -0.05) is 6.07 Å². The van der Waals surface area contributed by atoms with Gasteiger partial charge < -0.3 is 18.9 Å². The molecule has 0 bridgehead atoms. The number of benzene rings is 2. The van der Waals surface area contributed by atoms with E-state index in [4.69, 9.17) is 14.2 Å². The summed E-state index contributed by atoms with van der Waals surface area (Å²) in [5.41, 5.74) is 1.23. The fourth-order valence-corrected chi connectivity index (χ4v) is 3.95. The normalized spacial score (nSPS) is 11.7. The summed E-state index contributed by atoms with van der Waals surface area (Å²) in [5.74, 6) is 0.543. The highest BCUT2D eigenvalue weighted by molar-refractivity contribution is 7.89. The van der Waals surface area contributed by atoms with Crippen LogP contribution in [0.2, 0.25) is 0 Å². The van der Waals surface area contributed by atoms with E-state index in [2.05, 4.69) is 4.74 Å². The number of sulfonamides is 1. The molecule has 10 heteroatoms. The molecule has 0 heterocycles. The standard InChI is InChI=1S/C20H25F2NO6S/c1-14-11-16(6-8-17(14)28-10-9-26-3)30(24,25)23(2)13-15-5-7-18(29-20(21)22)19(12-15)27-4/h5-8,11-12,20H,9-10,13H2,1-4H3. The number of ether oxygens (including phenoxy) is 4. The largest absolute Gasteiger partial charge is 0.493 e. The van der Waals surface area contributed by atoms with Crippen molar-refractivity contribution >= 4 is 10.0 Å². The average Bonchev–Trinajstić information content (AvgIpc) is 2.69. The van der Waals surface area contributed by atoms with E-state index < -0.39 is 16.6 Å². The van der Waals surface area contributed by atoms with Gasteiger partial charge in [0.05, 0.1) is 18.6 Å². The van der Waals surface area contributed by atoms with Gasteiger partial charge in [0, 0.05) is 20.7 Å². The van der Waals surface area contributed by atoms with Gasteiger partial charge in [-0.25, -0.2) is 8.42 Å². The van der Waals surface area contributed by atoms with Crippen LogP contribution in [-0.4, -0.2) is 53.8 Å². The SMILES string of the molecule is COCCOc1ccc(S(=O)(=O)N(C)Cc2ccc(OC(F)F)c(OC)c2)cc1C. The van der Waals surface area contributed by atoms with Crippen LogP contribution < -0.4 is 14.2 Å². The van der Waals surface area contributed by atoms with Crippen molar-refractivity contribution in [3.63, 3.8) is 0 Å². The number of nitrogens with zero attached hydrogens (tertiary/aromatic N) is 1. The number of halogens is 2. The van der Waals surface area contributed by atoms with Crippen molar-refractivity contribution in [2.45, 2.75) is 25.0 Å². The number of aryl methyl sites for hydroxylation is 1. The van der Waals surface area contributed by atoms with E-state index in [1.165, 1.54) is 44.5 Å². The Kier molecular flexibility index (Phi) is 8.39. The van der Waals surface area contributed by atoms with Crippen LogP contribution in [0.5, 0.6) is 17.2 Å². The Balaban J connectivity index is 2.17. The van der Waals surface area contributed by atoms with Crippen LogP contribution >= 0.6 is 0 Å². The maximum absolute atomic E-state index is 12.9. The number of rotatable bonds is 11. The molecule has 0 amide bonds. The fourth-order valence-electron chi connectivity index (χ4n) is 2.70. The molecule has 7 nitrogen and oxygen atoms in total. The van der Waals surface area contributed by atoms with Crippen molar-refractivity contribution in [1.29, 1.82) is 0 Å². The molecule has 0 N–H and O–H groups in total.